The van der Waals surface area contributed by atoms with E-state index in [9.17, 15) is 0 Å². The van der Waals surface area contributed by atoms with Gasteiger partial charge in [0.25, 0.3) is 0 Å². The zero-order valence-corrected chi connectivity index (χ0v) is 11.3. The van der Waals surface area contributed by atoms with Crippen LogP contribution in [0, 0.1) is 11.3 Å². The Hall–Kier alpha value is -2.09. The van der Waals surface area contributed by atoms with E-state index in [1.54, 1.807) is 29.5 Å². The van der Waals surface area contributed by atoms with Crippen molar-refractivity contribution >= 4 is 44.5 Å². The number of hydrogen-bond acceptors (Lipinski definition) is 4. The zero-order chi connectivity index (χ0) is 13.2. The summed E-state index contributed by atoms with van der Waals surface area (Å²) in [4.78, 5) is 4.23. The second-order valence-electron chi connectivity index (χ2n) is 3.96. The lowest BCUT2D eigenvalue weighted by Gasteiger charge is -2.08. The summed E-state index contributed by atoms with van der Waals surface area (Å²) in [6, 6.07) is 13.2. The van der Waals surface area contributed by atoms with Gasteiger partial charge in [-0.2, -0.15) is 5.26 Å². The van der Waals surface area contributed by atoms with Gasteiger partial charge >= 0.3 is 0 Å². The number of anilines is 2. The molecule has 0 bridgehead atoms. The van der Waals surface area contributed by atoms with Crippen LogP contribution in [0.1, 0.15) is 5.56 Å². The third-order valence-electron chi connectivity index (χ3n) is 2.71. The Morgan fingerprint density at radius 3 is 2.95 bits per heavy atom. The Morgan fingerprint density at radius 2 is 2.11 bits per heavy atom. The van der Waals surface area contributed by atoms with Crippen molar-refractivity contribution in [2.45, 2.75) is 0 Å². The highest BCUT2D eigenvalue weighted by atomic mass is 35.5. The maximum atomic E-state index is 9.09. The van der Waals surface area contributed by atoms with Gasteiger partial charge in [-0.25, -0.2) is 4.98 Å². The second-order valence-corrected chi connectivity index (χ2v) is 5.28. The largest absolute Gasteiger partial charge is 0.354 e. The number of benzene rings is 2. The van der Waals surface area contributed by atoms with Crippen LogP contribution >= 0.6 is 22.9 Å². The molecule has 0 aliphatic rings. The molecule has 0 amide bonds. The highest BCUT2D eigenvalue weighted by Crippen LogP contribution is 2.27. The minimum atomic E-state index is 0.564. The van der Waals surface area contributed by atoms with Gasteiger partial charge in [0.2, 0.25) is 0 Å². The van der Waals surface area contributed by atoms with Crippen molar-refractivity contribution in [3.63, 3.8) is 0 Å². The average Bonchev–Trinajstić information content (AvgIpc) is 2.86. The predicted octanol–water partition coefficient (Wildman–Crippen LogP) is 4.56. The summed E-state index contributed by atoms with van der Waals surface area (Å²) in [7, 11) is 0. The van der Waals surface area contributed by atoms with Crippen molar-refractivity contribution in [2.24, 2.45) is 0 Å². The zero-order valence-electron chi connectivity index (χ0n) is 9.72. The van der Waals surface area contributed by atoms with Gasteiger partial charge in [0, 0.05) is 10.7 Å². The smallest absolute Gasteiger partial charge is 0.101 e. The Bertz CT molecular complexity index is 789. The van der Waals surface area contributed by atoms with Crippen LogP contribution in [-0.4, -0.2) is 4.98 Å². The van der Waals surface area contributed by atoms with E-state index in [0.29, 0.717) is 16.3 Å². The Kier molecular flexibility index (Phi) is 3.08. The molecule has 1 aromatic heterocycles. The molecule has 0 spiro atoms. The Labute approximate surface area is 119 Å². The fraction of sp³-hybridized carbons (Fsp3) is 0. The van der Waals surface area contributed by atoms with Crippen LogP contribution in [0.2, 0.25) is 5.02 Å². The maximum absolute atomic E-state index is 9.09. The lowest BCUT2D eigenvalue weighted by Crippen LogP contribution is -1.93. The van der Waals surface area contributed by atoms with Crippen molar-refractivity contribution in [1.29, 1.82) is 5.26 Å². The number of nitrogens with zero attached hydrogens (tertiary/aromatic N) is 2. The Morgan fingerprint density at radius 1 is 1.21 bits per heavy atom. The summed E-state index contributed by atoms with van der Waals surface area (Å²) in [6.45, 7) is 0. The summed E-state index contributed by atoms with van der Waals surface area (Å²) in [5, 5.41) is 12.9. The maximum Gasteiger partial charge on any atom is 0.101 e. The van der Waals surface area contributed by atoms with Crippen LogP contribution in [-0.2, 0) is 0 Å². The molecule has 3 rings (SSSR count). The molecule has 2 aromatic carbocycles. The summed E-state index contributed by atoms with van der Waals surface area (Å²) in [6.07, 6.45) is 0. The van der Waals surface area contributed by atoms with E-state index in [1.807, 2.05) is 23.7 Å². The molecule has 19 heavy (non-hydrogen) atoms. The van der Waals surface area contributed by atoms with Crippen molar-refractivity contribution in [1.82, 2.24) is 4.98 Å². The van der Waals surface area contributed by atoms with E-state index in [2.05, 4.69) is 16.4 Å². The predicted molar refractivity (Wildman–Crippen MR) is 79.1 cm³/mol. The summed E-state index contributed by atoms with van der Waals surface area (Å²) in [5.41, 5.74) is 4.97. The fourth-order valence-corrected chi connectivity index (χ4v) is 2.69. The van der Waals surface area contributed by atoms with E-state index in [1.165, 1.54) is 0 Å². The van der Waals surface area contributed by atoms with Crippen LogP contribution in [0.5, 0.6) is 0 Å². The molecule has 0 aliphatic heterocycles. The van der Waals surface area contributed by atoms with Crippen molar-refractivity contribution in [3.8, 4) is 6.07 Å². The van der Waals surface area contributed by atoms with E-state index < -0.39 is 0 Å². The van der Waals surface area contributed by atoms with Crippen LogP contribution in [0.25, 0.3) is 10.2 Å². The first-order valence-corrected chi connectivity index (χ1v) is 6.82. The topological polar surface area (TPSA) is 48.7 Å². The fourth-order valence-electron chi connectivity index (χ4n) is 1.81. The van der Waals surface area contributed by atoms with Gasteiger partial charge in [0.15, 0.2) is 0 Å². The average molecular weight is 286 g/mol. The summed E-state index contributed by atoms with van der Waals surface area (Å²) >= 11 is 7.54. The van der Waals surface area contributed by atoms with E-state index >= 15 is 0 Å². The van der Waals surface area contributed by atoms with E-state index in [0.717, 1.165) is 15.9 Å². The molecule has 0 saturated heterocycles. The van der Waals surface area contributed by atoms with Gasteiger partial charge in [0.1, 0.15) is 6.07 Å². The molecule has 92 valence electrons. The van der Waals surface area contributed by atoms with Crippen LogP contribution in [0.15, 0.2) is 41.9 Å². The first kappa shape index (κ1) is 12.0. The standard InChI is InChI=1S/C14H8ClN3S/c15-10-2-1-9(7-16)13(5-10)18-11-3-4-12-14(6-11)19-8-17-12/h1-6,8,18H. The number of aromatic nitrogens is 1. The number of halogens is 1. The van der Waals surface area contributed by atoms with Gasteiger partial charge < -0.3 is 5.32 Å². The van der Waals surface area contributed by atoms with Crippen LogP contribution < -0.4 is 5.32 Å². The summed E-state index contributed by atoms with van der Waals surface area (Å²) < 4.78 is 1.10. The van der Waals surface area contributed by atoms with E-state index in [4.69, 9.17) is 16.9 Å². The second kappa shape index (κ2) is 4.88. The normalized spacial score (nSPS) is 10.3. The van der Waals surface area contributed by atoms with Crippen LogP contribution in [0.4, 0.5) is 11.4 Å². The van der Waals surface area contributed by atoms with Crippen molar-refractivity contribution in [3.05, 3.63) is 52.5 Å². The highest BCUT2D eigenvalue weighted by Gasteiger charge is 2.04. The molecule has 3 nitrogen and oxygen atoms in total. The lowest BCUT2D eigenvalue weighted by molar-refractivity contribution is 1.46. The van der Waals surface area contributed by atoms with Gasteiger partial charge in [-0.15, -0.1) is 11.3 Å². The first-order chi connectivity index (χ1) is 9.26. The molecule has 0 atom stereocenters. The molecule has 0 fully saturated rings. The van der Waals surface area contributed by atoms with E-state index in [-0.39, 0.29) is 0 Å². The third-order valence-corrected chi connectivity index (χ3v) is 3.74. The molecule has 5 heteroatoms. The summed E-state index contributed by atoms with van der Waals surface area (Å²) in [5.74, 6) is 0. The van der Waals surface area contributed by atoms with Crippen LogP contribution in [0.3, 0.4) is 0 Å². The first-order valence-electron chi connectivity index (χ1n) is 5.56. The Balaban J connectivity index is 2.00. The number of fused-ring (bicyclic) bond motifs is 1. The molecular formula is C14H8ClN3S. The minimum Gasteiger partial charge on any atom is -0.354 e. The number of nitriles is 1. The molecule has 1 N–H and O–H groups in total. The molecule has 0 radical (unpaired) electrons. The lowest BCUT2D eigenvalue weighted by atomic mass is 10.2. The number of hydrogen-bond donors (Lipinski definition) is 1. The number of rotatable bonds is 2. The molecular weight excluding hydrogens is 278 g/mol. The van der Waals surface area contributed by atoms with Gasteiger partial charge in [-0.1, -0.05) is 11.6 Å². The van der Waals surface area contributed by atoms with Crippen molar-refractivity contribution in [2.75, 3.05) is 5.32 Å². The molecule has 3 aromatic rings. The molecule has 0 saturated carbocycles. The third kappa shape index (κ3) is 2.39. The molecule has 1 heterocycles. The SMILES string of the molecule is N#Cc1ccc(Cl)cc1Nc1ccc2ncsc2c1. The molecule has 0 aliphatic carbocycles. The van der Waals surface area contributed by atoms with Gasteiger partial charge in [-0.05, 0) is 36.4 Å². The molecule has 0 unspecified atom stereocenters. The number of thiazole rings is 1. The van der Waals surface area contributed by atoms with Gasteiger partial charge in [-0.3, -0.25) is 0 Å². The number of nitrogens with one attached hydrogen (secondary N) is 1. The monoisotopic (exact) mass is 285 g/mol. The minimum absolute atomic E-state index is 0.564. The highest BCUT2D eigenvalue weighted by molar-refractivity contribution is 7.16. The van der Waals surface area contributed by atoms with Gasteiger partial charge in [0.05, 0.1) is 27.0 Å². The quantitative estimate of drug-likeness (QED) is 0.750. The van der Waals surface area contributed by atoms with Crippen molar-refractivity contribution < 1.29 is 0 Å².